The van der Waals surface area contributed by atoms with Crippen LogP contribution in [0.15, 0.2) is 59.1 Å². The van der Waals surface area contributed by atoms with Crippen molar-refractivity contribution >= 4 is 33.4 Å². The number of aliphatic hydroxyl groups is 2. The second-order valence-corrected chi connectivity index (χ2v) is 10.1. The van der Waals surface area contributed by atoms with Gasteiger partial charge < -0.3 is 19.8 Å². The Morgan fingerprint density at radius 1 is 1.18 bits per heavy atom. The van der Waals surface area contributed by atoms with Gasteiger partial charge >= 0.3 is 0 Å². The van der Waals surface area contributed by atoms with Gasteiger partial charge in [-0.1, -0.05) is 70.0 Å². The van der Waals surface area contributed by atoms with E-state index in [1.807, 2.05) is 54.6 Å². The number of hydrogen-bond acceptors (Lipinski definition) is 5. The lowest BCUT2D eigenvalue weighted by molar-refractivity contribution is -0.158. The molecular weight excluding hydrogens is 510 g/mol. The van der Waals surface area contributed by atoms with Crippen molar-refractivity contribution in [2.24, 2.45) is 13.0 Å². The van der Waals surface area contributed by atoms with E-state index in [1.54, 1.807) is 21.1 Å². The van der Waals surface area contributed by atoms with Gasteiger partial charge in [0.05, 0.1) is 5.92 Å². The third-order valence-electron chi connectivity index (χ3n) is 6.85. The van der Waals surface area contributed by atoms with E-state index in [2.05, 4.69) is 21.0 Å². The lowest BCUT2D eigenvalue weighted by Gasteiger charge is -2.40. The molecule has 2 N–H and O–H groups in total. The summed E-state index contributed by atoms with van der Waals surface area (Å²) in [6.07, 6.45) is -1.51. The Balaban J connectivity index is 1.87. The van der Waals surface area contributed by atoms with Crippen LogP contribution in [0.4, 0.5) is 0 Å². The molecular formula is C24H23BrClN3O4. The minimum atomic E-state index is -2.03. The molecule has 2 aromatic carbocycles. The van der Waals surface area contributed by atoms with Gasteiger partial charge in [0.25, 0.3) is 0 Å². The largest absolute Gasteiger partial charge is 0.473 e. The van der Waals surface area contributed by atoms with Crippen LogP contribution in [0.25, 0.3) is 0 Å². The maximum absolute atomic E-state index is 13.5. The second-order valence-electron chi connectivity index (χ2n) is 8.79. The van der Waals surface area contributed by atoms with Crippen molar-refractivity contribution in [3.8, 4) is 5.75 Å². The van der Waals surface area contributed by atoms with Crippen molar-refractivity contribution in [2.75, 3.05) is 14.1 Å². The van der Waals surface area contributed by atoms with Crippen molar-refractivity contribution in [2.45, 2.75) is 23.2 Å². The summed E-state index contributed by atoms with van der Waals surface area (Å²) in [5.74, 6) is -1.83. The van der Waals surface area contributed by atoms with Crippen LogP contribution in [0.2, 0.25) is 5.15 Å². The van der Waals surface area contributed by atoms with Crippen LogP contribution < -0.4 is 4.74 Å². The van der Waals surface area contributed by atoms with Crippen LogP contribution in [0, 0.1) is 5.92 Å². The molecule has 0 bridgehead atoms. The number of ether oxygens (including phenoxy) is 1. The first-order chi connectivity index (χ1) is 15.6. The average Bonchev–Trinajstić information content (AvgIpc) is 3.30. The van der Waals surface area contributed by atoms with Crippen molar-refractivity contribution in [3.63, 3.8) is 0 Å². The zero-order valence-corrected chi connectivity index (χ0v) is 20.6. The molecule has 0 radical (unpaired) electrons. The molecule has 1 fully saturated rings. The SMILES string of the molecule is CN(C)C(=O)C1C(O)C2(O)c3nn(C)c(Cl)c3OC2(c2ccc(Br)cc2)C1c1ccccc1. The number of carbonyl (C=O) groups excluding carboxylic acids is 1. The van der Waals surface area contributed by atoms with Crippen LogP contribution in [0.3, 0.4) is 0 Å². The molecule has 3 aromatic rings. The first-order valence-corrected chi connectivity index (χ1v) is 11.7. The van der Waals surface area contributed by atoms with E-state index in [4.69, 9.17) is 16.3 Å². The van der Waals surface area contributed by atoms with Crippen molar-refractivity contribution in [3.05, 3.63) is 81.0 Å². The predicted molar refractivity (Wildman–Crippen MR) is 126 cm³/mol. The third kappa shape index (κ3) is 2.81. The number of carbonyl (C=O) groups is 1. The van der Waals surface area contributed by atoms with Gasteiger partial charge in [-0.2, -0.15) is 5.10 Å². The number of aryl methyl sites for hydroxylation is 1. The number of aliphatic hydroxyl groups excluding tert-OH is 1. The highest BCUT2D eigenvalue weighted by Crippen LogP contribution is 2.69. The topological polar surface area (TPSA) is 87.8 Å². The maximum atomic E-state index is 13.5. The third-order valence-corrected chi connectivity index (χ3v) is 7.79. The molecule has 0 spiro atoms. The summed E-state index contributed by atoms with van der Waals surface area (Å²) in [7, 11) is 4.89. The Labute approximate surface area is 204 Å². The number of amides is 1. The molecule has 1 aliphatic heterocycles. The zero-order chi connectivity index (χ0) is 23.7. The molecule has 0 saturated heterocycles. The summed E-state index contributed by atoms with van der Waals surface area (Å²) in [6.45, 7) is 0. The molecule has 5 rings (SSSR count). The summed E-state index contributed by atoms with van der Waals surface area (Å²) >= 11 is 9.95. The molecule has 9 heteroatoms. The van der Waals surface area contributed by atoms with Crippen LogP contribution in [-0.4, -0.2) is 51.0 Å². The fourth-order valence-electron chi connectivity index (χ4n) is 5.43. The van der Waals surface area contributed by atoms with Crippen molar-refractivity contribution in [1.29, 1.82) is 0 Å². The van der Waals surface area contributed by atoms with E-state index in [-0.39, 0.29) is 22.5 Å². The molecule has 7 nitrogen and oxygen atoms in total. The lowest BCUT2D eigenvalue weighted by atomic mass is 9.71. The van der Waals surface area contributed by atoms with Gasteiger partial charge in [-0.25, -0.2) is 0 Å². The molecule has 1 amide bonds. The van der Waals surface area contributed by atoms with Gasteiger partial charge in [0.2, 0.25) is 5.91 Å². The summed E-state index contributed by atoms with van der Waals surface area (Å²) < 4.78 is 8.82. The van der Waals surface area contributed by atoms with Crippen LogP contribution >= 0.6 is 27.5 Å². The van der Waals surface area contributed by atoms with Crippen molar-refractivity contribution in [1.82, 2.24) is 14.7 Å². The molecule has 1 saturated carbocycles. The minimum Gasteiger partial charge on any atom is -0.473 e. The number of fused-ring (bicyclic) bond motifs is 3. The Hall–Kier alpha value is -2.39. The Kier molecular flexibility index (Phi) is 5.13. The van der Waals surface area contributed by atoms with E-state index < -0.39 is 29.1 Å². The highest BCUT2D eigenvalue weighted by molar-refractivity contribution is 9.10. The fourth-order valence-corrected chi connectivity index (χ4v) is 5.86. The number of benzene rings is 2. The molecule has 2 heterocycles. The van der Waals surface area contributed by atoms with Gasteiger partial charge in [-0.15, -0.1) is 0 Å². The molecule has 1 aromatic heterocycles. The van der Waals surface area contributed by atoms with E-state index in [0.717, 1.165) is 10.0 Å². The Morgan fingerprint density at radius 3 is 2.42 bits per heavy atom. The molecule has 5 atom stereocenters. The lowest BCUT2D eigenvalue weighted by Crippen LogP contribution is -2.52. The fraction of sp³-hybridized carbons (Fsp3) is 0.333. The summed E-state index contributed by atoms with van der Waals surface area (Å²) in [4.78, 5) is 14.9. The first-order valence-electron chi connectivity index (χ1n) is 10.5. The highest BCUT2D eigenvalue weighted by atomic mass is 79.9. The normalized spacial score (nSPS) is 30.0. The molecule has 1 aliphatic carbocycles. The minimum absolute atomic E-state index is 0.125. The van der Waals surface area contributed by atoms with Crippen LogP contribution in [-0.2, 0) is 23.0 Å². The van der Waals surface area contributed by atoms with E-state index in [1.165, 1.54) is 9.58 Å². The van der Waals surface area contributed by atoms with Gasteiger partial charge in [0.1, 0.15) is 11.8 Å². The van der Waals surface area contributed by atoms with Crippen molar-refractivity contribution < 1.29 is 19.7 Å². The summed E-state index contributed by atoms with van der Waals surface area (Å²) in [6, 6.07) is 16.7. The molecule has 5 unspecified atom stereocenters. The van der Waals surface area contributed by atoms with Gasteiger partial charge in [-0.3, -0.25) is 9.48 Å². The number of hydrogen-bond donors (Lipinski definition) is 2. The zero-order valence-electron chi connectivity index (χ0n) is 18.2. The van der Waals surface area contributed by atoms with Crippen LogP contribution in [0.1, 0.15) is 22.7 Å². The number of nitrogens with zero attached hydrogens (tertiary/aromatic N) is 3. The second kappa shape index (κ2) is 7.56. The molecule has 33 heavy (non-hydrogen) atoms. The molecule has 172 valence electrons. The molecule has 2 aliphatic rings. The standard InChI is InChI=1S/C24H23BrClN3O4/c1-28(2)22(31)16-17(13-7-5-4-6-8-13)24(14-9-11-15(25)12-10-14)23(32,20(16)30)19-18(33-24)21(26)29(3)27-19/h4-12,16-17,20,30,32H,1-3H3. The van der Waals surface area contributed by atoms with E-state index in [9.17, 15) is 15.0 Å². The Morgan fingerprint density at radius 2 is 1.82 bits per heavy atom. The first kappa shape index (κ1) is 22.4. The Bertz CT molecular complexity index is 1230. The van der Waals surface area contributed by atoms with Crippen LogP contribution in [0.5, 0.6) is 5.75 Å². The maximum Gasteiger partial charge on any atom is 0.228 e. The quantitative estimate of drug-likeness (QED) is 0.541. The number of halogens is 2. The van der Waals surface area contributed by atoms with Gasteiger partial charge in [-0.05, 0) is 23.3 Å². The van der Waals surface area contributed by atoms with E-state index in [0.29, 0.717) is 5.56 Å². The number of aromatic nitrogens is 2. The smallest absolute Gasteiger partial charge is 0.228 e. The van der Waals surface area contributed by atoms with Gasteiger partial charge in [0, 0.05) is 31.5 Å². The predicted octanol–water partition coefficient (Wildman–Crippen LogP) is 3.17. The summed E-state index contributed by atoms with van der Waals surface area (Å²) in [5.41, 5.74) is -2.09. The monoisotopic (exact) mass is 531 g/mol. The van der Waals surface area contributed by atoms with Gasteiger partial charge in [0.15, 0.2) is 22.1 Å². The average molecular weight is 533 g/mol. The highest BCUT2D eigenvalue weighted by Gasteiger charge is 2.79. The van der Waals surface area contributed by atoms with E-state index >= 15 is 0 Å². The number of rotatable bonds is 3. The summed E-state index contributed by atoms with van der Waals surface area (Å²) in [5, 5.41) is 28.8.